The Kier molecular flexibility index (Phi) is 6.15. The van der Waals surface area contributed by atoms with Crippen LogP contribution in [0.25, 0.3) is 10.8 Å². The maximum atomic E-state index is 12.1. The van der Waals surface area contributed by atoms with Crippen molar-refractivity contribution in [1.29, 1.82) is 0 Å². The average Bonchev–Trinajstić information content (AvgIpc) is 3.02. The summed E-state index contributed by atoms with van der Waals surface area (Å²) in [6.45, 7) is 3.89. The summed E-state index contributed by atoms with van der Waals surface area (Å²) in [6, 6.07) is 13.7. The van der Waals surface area contributed by atoms with Gasteiger partial charge in [-0.15, -0.1) is 10.2 Å². The largest absolute Gasteiger partial charge is 0.338 e. The SMILES string of the molecule is CCNC(=O)NC(=O)[C@@H](C)Sc1nnc(Cc2cccc3ccccc23)n1N. The van der Waals surface area contributed by atoms with E-state index in [1.165, 1.54) is 4.68 Å². The number of thioether (sulfide) groups is 1. The van der Waals surface area contributed by atoms with Crippen molar-refractivity contribution in [3.63, 3.8) is 0 Å². The number of nitrogens with two attached hydrogens (primary N) is 1. The van der Waals surface area contributed by atoms with Crippen LogP contribution in [0.3, 0.4) is 0 Å². The van der Waals surface area contributed by atoms with E-state index in [0.29, 0.717) is 23.9 Å². The molecule has 0 aliphatic rings. The number of carbonyl (C=O) groups is 2. The van der Waals surface area contributed by atoms with Gasteiger partial charge < -0.3 is 11.2 Å². The maximum Gasteiger partial charge on any atom is 0.321 e. The van der Waals surface area contributed by atoms with Gasteiger partial charge in [-0.1, -0.05) is 54.2 Å². The molecule has 1 atom stereocenters. The van der Waals surface area contributed by atoms with Crippen LogP contribution in [-0.2, 0) is 11.2 Å². The highest BCUT2D eigenvalue weighted by Gasteiger charge is 2.21. The van der Waals surface area contributed by atoms with Crippen LogP contribution in [0.2, 0.25) is 0 Å². The molecule has 1 aromatic heterocycles. The number of nitrogens with one attached hydrogen (secondary N) is 2. The van der Waals surface area contributed by atoms with Gasteiger partial charge in [-0.25, -0.2) is 9.47 Å². The van der Waals surface area contributed by atoms with Crippen molar-refractivity contribution in [1.82, 2.24) is 25.5 Å². The molecule has 0 aliphatic carbocycles. The van der Waals surface area contributed by atoms with Gasteiger partial charge in [-0.3, -0.25) is 10.1 Å². The fraction of sp³-hybridized carbons (Fsp3) is 0.263. The van der Waals surface area contributed by atoms with Gasteiger partial charge >= 0.3 is 6.03 Å². The number of urea groups is 1. The lowest BCUT2D eigenvalue weighted by molar-refractivity contribution is -0.119. The van der Waals surface area contributed by atoms with Crippen molar-refractivity contribution in [2.75, 3.05) is 12.4 Å². The van der Waals surface area contributed by atoms with Crippen molar-refractivity contribution in [3.8, 4) is 0 Å². The summed E-state index contributed by atoms with van der Waals surface area (Å²) in [5.41, 5.74) is 1.09. The number of hydrogen-bond donors (Lipinski definition) is 3. The van der Waals surface area contributed by atoms with Gasteiger partial charge in [0.25, 0.3) is 0 Å². The summed E-state index contributed by atoms with van der Waals surface area (Å²) >= 11 is 1.15. The molecule has 9 heteroatoms. The Morgan fingerprint density at radius 1 is 1.18 bits per heavy atom. The van der Waals surface area contributed by atoms with Crippen molar-refractivity contribution in [3.05, 3.63) is 53.9 Å². The quantitative estimate of drug-likeness (QED) is 0.432. The van der Waals surface area contributed by atoms with E-state index in [4.69, 9.17) is 5.84 Å². The first-order valence-corrected chi connectivity index (χ1v) is 9.79. The molecule has 4 N–H and O–H groups in total. The molecule has 0 unspecified atom stereocenters. The molecule has 0 fully saturated rings. The minimum absolute atomic E-state index is 0.411. The summed E-state index contributed by atoms with van der Waals surface area (Å²) in [6.07, 6.45) is 0.519. The van der Waals surface area contributed by atoms with E-state index < -0.39 is 17.2 Å². The fourth-order valence-corrected chi connectivity index (χ4v) is 3.54. The molecule has 0 saturated heterocycles. The lowest BCUT2D eigenvalue weighted by atomic mass is 10.0. The van der Waals surface area contributed by atoms with E-state index in [1.54, 1.807) is 13.8 Å². The minimum Gasteiger partial charge on any atom is -0.338 e. The summed E-state index contributed by atoms with van der Waals surface area (Å²) in [7, 11) is 0. The first-order valence-electron chi connectivity index (χ1n) is 8.91. The lowest BCUT2D eigenvalue weighted by Crippen LogP contribution is -2.42. The van der Waals surface area contributed by atoms with Crippen LogP contribution in [-0.4, -0.2) is 38.6 Å². The molecule has 3 rings (SSSR count). The Morgan fingerprint density at radius 2 is 1.93 bits per heavy atom. The molecule has 28 heavy (non-hydrogen) atoms. The van der Waals surface area contributed by atoms with Crippen LogP contribution < -0.4 is 16.5 Å². The number of imide groups is 1. The molecule has 0 bridgehead atoms. The highest BCUT2D eigenvalue weighted by Crippen LogP contribution is 2.24. The van der Waals surface area contributed by atoms with Crippen LogP contribution in [0, 0.1) is 0 Å². The maximum absolute atomic E-state index is 12.1. The minimum atomic E-state index is -0.556. The molecule has 3 aromatic rings. The highest BCUT2D eigenvalue weighted by molar-refractivity contribution is 8.00. The summed E-state index contributed by atoms with van der Waals surface area (Å²) < 4.78 is 1.39. The normalized spacial score (nSPS) is 11.9. The zero-order chi connectivity index (χ0) is 20.1. The zero-order valence-corrected chi connectivity index (χ0v) is 16.5. The van der Waals surface area contributed by atoms with E-state index in [0.717, 1.165) is 28.1 Å². The van der Waals surface area contributed by atoms with Gasteiger partial charge in [-0.2, -0.15) is 0 Å². The van der Waals surface area contributed by atoms with Gasteiger partial charge in [0.05, 0.1) is 5.25 Å². The molecule has 8 nitrogen and oxygen atoms in total. The zero-order valence-electron chi connectivity index (χ0n) is 15.7. The number of rotatable bonds is 6. The van der Waals surface area contributed by atoms with E-state index >= 15 is 0 Å². The third kappa shape index (κ3) is 4.42. The van der Waals surface area contributed by atoms with Crippen molar-refractivity contribution >= 4 is 34.5 Å². The predicted octanol–water partition coefficient (Wildman–Crippen LogP) is 2.06. The van der Waals surface area contributed by atoms with Crippen molar-refractivity contribution in [2.24, 2.45) is 0 Å². The van der Waals surface area contributed by atoms with Gasteiger partial charge in [0, 0.05) is 13.0 Å². The number of amides is 3. The Balaban J connectivity index is 1.71. The molecule has 0 aliphatic heterocycles. The smallest absolute Gasteiger partial charge is 0.321 e. The number of carbonyl (C=O) groups excluding carboxylic acids is 2. The number of aromatic nitrogens is 3. The second-order valence-electron chi connectivity index (χ2n) is 6.19. The van der Waals surface area contributed by atoms with Crippen molar-refractivity contribution in [2.45, 2.75) is 30.7 Å². The van der Waals surface area contributed by atoms with Crippen LogP contribution in [0.15, 0.2) is 47.6 Å². The molecule has 146 valence electrons. The van der Waals surface area contributed by atoms with Gasteiger partial charge in [0.15, 0.2) is 5.82 Å². The summed E-state index contributed by atoms with van der Waals surface area (Å²) in [4.78, 5) is 23.6. The molecule has 0 radical (unpaired) electrons. The third-order valence-electron chi connectivity index (χ3n) is 4.19. The monoisotopic (exact) mass is 398 g/mol. The van der Waals surface area contributed by atoms with Crippen LogP contribution in [0.4, 0.5) is 4.79 Å². The van der Waals surface area contributed by atoms with E-state index in [-0.39, 0.29) is 0 Å². The van der Waals surface area contributed by atoms with E-state index in [2.05, 4.69) is 39.0 Å². The van der Waals surface area contributed by atoms with Crippen LogP contribution in [0.5, 0.6) is 0 Å². The van der Waals surface area contributed by atoms with Gasteiger partial charge in [0.1, 0.15) is 0 Å². The molecule has 0 saturated carbocycles. The number of benzene rings is 2. The van der Waals surface area contributed by atoms with Crippen LogP contribution in [0.1, 0.15) is 25.2 Å². The number of nitrogen functional groups attached to an aromatic ring is 1. The number of nitrogens with zero attached hydrogens (tertiary/aromatic N) is 3. The predicted molar refractivity (Wildman–Crippen MR) is 109 cm³/mol. The first-order chi connectivity index (χ1) is 13.5. The molecule has 1 heterocycles. The Labute approximate surface area is 166 Å². The van der Waals surface area contributed by atoms with Crippen molar-refractivity contribution < 1.29 is 9.59 Å². The lowest BCUT2D eigenvalue weighted by Gasteiger charge is -2.11. The third-order valence-corrected chi connectivity index (χ3v) is 5.25. The summed E-state index contributed by atoms with van der Waals surface area (Å²) in [5.74, 6) is 6.32. The molecule has 2 aromatic carbocycles. The number of fused-ring (bicyclic) bond motifs is 1. The number of hydrogen-bond acceptors (Lipinski definition) is 6. The van der Waals surface area contributed by atoms with E-state index in [1.807, 2.05) is 24.3 Å². The molecule has 0 spiro atoms. The fourth-order valence-electron chi connectivity index (χ4n) is 2.76. The Bertz CT molecular complexity index is 998. The first kappa shape index (κ1) is 19.7. The molecule has 3 amide bonds. The van der Waals surface area contributed by atoms with Crippen LogP contribution >= 0.6 is 11.8 Å². The standard InChI is InChI=1S/C19H22N6O2S/c1-3-21-18(27)22-17(26)12(2)28-19-24-23-16(25(19)20)11-14-9-6-8-13-7-4-5-10-15(13)14/h4-10,12H,3,11,20H2,1-2H3,(H2,21,22,26,27)/t12-/m1/s1. The average molecular weight is 398 g/mol. The second-order valence-corrected chi connectivity index (χ2v) is 7.50. The Morgan fingerprint density at radius 3 is 2.71 bits per heavy atom. The van der Waals surface area contributed by atoms with E-state index in [9.17, 15) is 9.59 Å². The van der Waals surface area contributed by atoms with Gasteiger partial charge in [-0.05, 0) is 30.2 Å². The molecular weight excluding hydrogens is 376 g/mol. The molecular formula is C19H22N6O2S. The van der Waals surface area contributed by atoms with Gasteiger partial charge in [0.2, 0.25) is 11.1 Å². The topological polar surface area (TPSA) is 115 Å². The highest BCUT2D eigenvalue weighted by atomic mass is 32.2. The second kappa shape index (κ2) is 8.75. The summed E-state index contributed by atoms with van der Waals surface area (Å²) in [5, 5.41) is 15.2. The Hall–Kier alpha value is -3.07.